The zero-order valence-corrected chi connectivity index (χ0v) is 15.8. The molecule has 28 heavy (non-hydrogen) atoms. The summed E-state index contributed by atoms with van der Waals surface area (Å²) >= 11 is 0. The third-order valence-corrected chi connectivity index (χ3v) is 6.27. The van der Waals surface area contributed by atoms with Gasteiger partial charge in [0, 0.05) is 30.4 Å². The van der Waals surface area contributed by atoms with Crippen molar-refractivity contribution >= 4 is 29.4 Å². The van der Waals surface area contributed by atoms with Gasteiger partial charge < -0.3 is 15.5 Å². The molecule has 4 aliphatic rings. The average Bonchev–Trinajstić information content (AvgIpc) is 3.41. The number of anilines is 2. The van der Waals surface area contributed by atoms with E-state index in [9.17, 15) is 9.59 Å². The maximum atomic E-state index is 12.9. The first-order valence-corrected chi connectivity index (χ1v) is 10.3. The molecule has 2 amide bonds. The lowest BCUT2D eigenvalue weighted by Gasteiger charge is -2.27. The molecular formula is C21H25N5O2. The van der Waals surface area contributed by atoms with E-state index in [2.05, 4.69) is 25.5 Å². The van der Waals surface area contributed by atoms with E-state index in [1.807, 2.05) is 6.07 Å². The van der Waals surface area contributed by atoms with Crippen molar-refractivity contribution < 1.29 is 9.59 Å². The fraction of sp³-hybridized carbons (Fsp3) is 0.524. The maximum absolute atomic E-state index is 12.9. The van der Waals surface area contributed by atoms with Crippen LogP contribution < -0.4 is 15.5 Å². The van der Waals surface area contributed by atoms with E-state index in [1.54, 1.807) is 24.7 Å². The summed E-state index contributed by atoms with van der Waals surface area (Å²) in [6.07, 6.45) is 14.3. The van der Waals surface area contributed by atoms with Crippen LogP contribution in [0.5, 0.6) is 0 Å². The minimum Gasteiger partial charge on any atom is -0.364 e. The van der Waals surface area contributed by atoms with Crippen LogP contribution in [0.2, 0.25) is 0 Å². The zero-order chi connectivity index (χ0) is 19.1. The highest BCUT2D eigenvalue weighted by molar-refractivity contribution is 5.98. The lowest BCUT2D eigenvalue weighted by Crippen LogP contribution is -2.31. The fourth-order valence-corrected chi connectivity index (χ4v) is 4.64. The number of hydrogen-bond acceptors (Lipinski definition) is 5. The summed E-state index contributed by atoms with van der Waals surface area (Å²) < 4.78 is 0. The summed E-state index contributed by atoms with van der Waals surface area (Å²) in [5.41, 5.74) is 1.84. The average molecular weight is 379 g/mol. The van der Waals surface area contributed by atoms with Crippen LogP contribution >= 0.6 is 0 Å². The third kappa shape index (κ3) is 3.30. The standard InChI is InChI=1S/C21H25N5O2/c27-20(13-1-2-13)25-19-11-14(7-10-23-19)21(28)24-17-12-22-9-8-18(17)26-15-3-4-16(26)6-5-15/h8-16H,1-7H2,(H,24,28)(H,25,27). The summed E-state index contributed by atoms with van der Waals surface area (Å²) in [5.74, 6) is 0.148. The number of carbonyl (C=O) groups is 2. The molecule has 1 aliphatic carbocycles. The predicted octanol–water partition coefficient (Wildman–Crippen LogP) is 2.61. The molecule has 0 spiro atoms. The Morgan fingerprint density at radius 3 is 2.46 bits per heavy atom. The molecule has 146 valence electrons. The van der Waals surface area contributed by atoms with Crippen LogP contribution in [-0.2, 0) is 9.59 Å². The molecule has 2 N–H and O–H groups in total. The largest absolute Gasteiger partial charge is 0.364 e. The van der Waals surface area contributed by atoms with Gasteiger partial charge in [0.1, 0.15) is 5.82 Å². The van der Waals surface area contributed by atoms with Crippen molar-refractivity contribution in [2.24, 2.45) is 16.8 Å². The lowest BCUT2D eigenvalue weighted by atomic mass is 10.0. The van der Waals surface area contributed by atoms with Gasteiger partial charge in [0.25, 0.3) is 0 Å². The molecule has 1 saturated carbocycles. The molecule has 7 nitrogen and oxygen atoms in total. The molecule has 3 fully saturated rings. The van der Waals surface area contributed by atoms with Crippen LogP contribution in [0.15, 0.2) is 35.3 Å². The van der Waals surface area contributed by atoms with Crippen molar-refractivity contribution in [3.8, 4) is 0 Å². The fourth-order valence-electron chi connectivity index (χ4n) is 4.64. The van der Waals surface area contributed by atoms with Gasteiger partial charge in [-0.2, -0.15) is 0 Å². The van der Waals surface area contributed by atoms with Crippen LogP contribution in [0, 0.1) is 11.8 Å². The highest BCUT2D eigenvalue weighted by atomic mass is 16.2. The second-order valence-corrected chi connectivity index (χ2v) is 8.22. The van der Waals surface area contributed by atoms with E-state index >= 15 is 0 Å². The van der Waals surface area contributed by atoms with Gasteiger partial charge >= 0.3 is 0 Å². The molecule has 2 bridgehead atoms. The minimum atomic E-state index is -0.352. The number of amides is 2. The Labute approximate surface area is 164 Å². The maximum Gasteiger partial charge on any atom is 0.231 e. The van der Waals surface area contributed by atoms with Gasteiger partial charge in [0.05, 0.1) is 23.5 Å². The highest BCUT2D eigenvalue weighted by Gasteiger charge is 2.40. The van der Waals surface area contributed by atoms with Crippen molar-refractivity contribution in [1.82, 2.24) is 10.3 Å². The number of aliphatic imine (C=N–C) groups is 1. The topological polar surface area (TPSA) is 86.7 Å². The van der Waals surface area contributed by atoms with Gasteiger partial charge in [-0.1, -0.05) is 0 Å². The summed E-state index contributed by atoms with van der Waals surface area (Å²) in [5, 5.41) is 5.90. The number of hydrogen-bond donors (Lipinski definition) is 2. The van der Waals surface area contributed by atoms with Gasteiger partial charge in [0.15, 0.2) is 0 Å². The second kappa shape index (κ2) is 7.04. The van der Waals surface area contributed by atoms with Crippen molar-refractivity contribution in [2.75, 3.05) is 10.2 Å². The van der Waals surface area contributed by atoms with E-state index in [0.29, 0.717) is 24.3 Å². The third-order valence-electron chi connectivity index (χ3n) is 6.27. The van der Waals surface area contributed by atoms with Crippen LogP contribution in [0.25, 0.3) is 0 Å². The molecule has 0 radical (unpaired) electrons. The minimum absolute atomic E-state index is 0.00325. The first-order valence-electron chi connectivity index (χ1n) is 10.3. The Kier molecular flexibility index (Phi) is 4.37. The lowest BCUT2D eigenvalue weighted by molar-refractivity contribution is -0.122. The molecule has 7 heteroatoms. The van der Waals surface area contributed by atoms with Gasteiger partial charge in [-0.05, 0) is 57.1 Å². The molecule has 2 saturated heterocycles. The van der Waals surface area contributed by atoms with Crippen LogP contribution in [0.4, 0.5) is 11.4 Å². The first kappa shape index (κ1) is 17.4. The van der Waals surface area contributed by atoms with E-state index in [-0.39, 0.29) is 23.7 Å². The van der Waals surface area contributed by atoms with Crippen molar-refractivity contribution in [1.29, 1.82) is 0 Å². The SMILES string of the molecule is O=C(Nc1cnccc1N1C2CCC1CC2)C1C=C(NC(=O)C2CC2)N=CC1. The molecule has 4 heterocycles. The Hall–Kier alpha value is -2.70. The summed E-state index contributed by atoms with van der Waals surface area (Å²) in [6, 6.07) is 3.16. The number of carbonyl (C=O) groups excluding carboxylic acids is 2. The van der Waals surface area contributed by atoms with Crippen LogP contribution in [-0.4, -0.2) is 35.1 Å². The van der Waals surface area contributed by atoms with Crippen molar-refractivity contribution in [3.63, 3.8) is 0 Å². The Bertz CT molecular complexity index is 840. The van der Waals surface area contributed by atoms with E-state index in [0.717, 1.165) is 24.2 Å². The quantitative estimate of drug-likeness (QED) is 0.823. The number of aromatic nitrogens is 1. The summed E-state index contributed by atoms with van der Waals surface area (Å²) in [7, 11) is 0. The van der Waals surface area contributed by atoms with E-state index in [4.69, 9.17) is 0 Å². The summed E-state index contributed by atoms with van der Waals surface area (Å²) in [4.78, 5) is 35.8. The number of nitrogens with zero attached hydrogens (tertiary/aromatic N) is 3. The first-order chi connectivity index (χ1) is 13.7. The second-order valence-electron chi connectivity index (χ2n) is 8.22. The Morgan fingerprint density at radius 1 is 1.00 bits per heavy atom. The summed E-state index contributed by atoms with van der Waals surface area (Å²) in [6.45, 7) is 0. The van der Waals surface area contributed by atoms with Gasteiger partial charge in [0.2, 0.25) is 11.8 Å². The monoisotopic (exact) mass is 379 g/mol. The Morgan fingerprint density at radius 2 is 1.75 bits per heavy atom. The zero-order valence-electron chi connectivity index (χ0n) is 15.8. The molecular weight excluding hydrogens is 354 g/mol. The van der Waals surface area contributed by atoms with Crippen molar-refractivity contribution in [3.05, 3.63) is 30.4 Å². The normalized spacial score (nSPS) is 28.2. The number of rotatable bonds is 5. The molecule has 5 rings (SSSR count). The molecule has 1 unspecified atom stereocenters. The number of pyridine rings is 1. The number of fused-ring (bicyclic) bond motifs is 2. The molecule has 0 aromatic carbocycles. The Balaban J connectivity index is 1.30. The molecule has 1 atom stereocenters. The number of nitrogens with one attached hydrogen (secondary N) is 2. The highest BCUT2D eigenvalue weighted by Crippen LogP contribution is 2.43. The van der Waals surface area contributed by atoms with Gasteiger partial charge in [-0.15, -0.1) is 0 Å². The van der Waals surface area contributed by atoms with Gasteiger partial charge in [-0.3, -0.25) is 14.6 Å². The van der Waals surface area contributed by atoms with E-state index < -0.39 is 0 Å². The molecule has 1 aromatic heterocycles. The molecule has 3 aliphatic heterocycles. The molecule has 1 aromatic rings. The van der Waals surface area contributed by atoms with Gasteiger partial charge in [-0.25, -0.2) is 4.99 Å². The van der Waals surface area contributed by atoms with Crippen LogP contribution in [0.3, 0.4) is 0 Å². The predicted molar refractivity (Wildman–Crippen MR) is 107 cm³/mol. The smallest absolute Gasteiger partial charge is 0.231 e. The van der Waals surface area contributed by atoms with Crippen LogP contribution in [0.1, 0.15) is 44.9 Å². The van der Waals surface area contributed by atoms with E-state index in [1.165, 1.54) is 25.7 Å². The van der Waals surface area contributed by atoms with Crippen molar-refractivity contribution in [2.45, 2.75) is 57.0 Å².